The minimum Gasteiger partial charge on any atom is -0.491 e. The number of amides is 2. The molecule has 0 atom stereocenters. The lowest BCUT2D eigenvalue weighted by molar-refractivity contribution is 0.242. The van der Waals surface area contributed by atoms with E-state index in [1.165, 1.54) is 18.2 Å². The van der Waals surface area contributed by atoms with Gasteiger partial charge in [-0.05, 0) is 44.2 Å². The van der Waals surface area contributed by atoms with Crippen LogP contribution >= 0.6 is 0 Å². The van der Waals surface area contributed by atoms with Crippen molar-refractivity contribution in [2.75, 3.05) is 10.6 Å². The molecule has 0 bridgehead atoms. The van der Waals surface area contributed by atoms with Gasteiger partial charge in [-0.25, -0.2) is 14.2 Å². The van der Waals surface area contributed by atoms with Crippen LogP contribution in [0.2, 0.25) is 0 Å². The predicted octanol–water partition coefficient (Wildman–Crippen LogP) is 5.80. The van der Waals surface area contributed by atoms with Gasteiger partial charge in [-0.3, -0.25) is 0 Å². The molecule has 4 aromatic rings. The average molecular weight is 463 g/mol. The molecule has 34 heavy (non-hydrogen) atoms. The Balaban J connectivity index is 1.45. The molecule has 2 aromatic heterocycles. The molecule has 0 fully saturated rings. The van der Waals surface area contributed by atoms with Crippen molar-refractivity contribution in [1.82, 2.24) is 15.2 Å². The highest BCUT2D eigenvalue weighted by Gasteiger charge is 2.12. The number of carbonyl (C=O) groups excluding carboxylic acids is 1. The van der Waals surface area contributed by atoms with E-state index < -0.39 is 11.8 Å². The molecule has 2 amide bonds. The number of benzene rings is 2. The molecular weight excluding hydrogens is 441 g/mol. The number of aromatic nitrogens is 3. The van der Waals surface area contributed by atoms with E-state index in [-0.39, 0.29) is 29.3 Å². The van der Waals surface area contributed by atoms with E-state index in [4.69, 9.17) is 13.9 Å². The van der Waals surface area contributed by atoms with E-state index in [0.29, 0.717) is 23.0 Å². The number of nitrogens with zero attached hydrogens (tertiary/aromatic N) is 3. The van der Waals surface area contributed by atoms with Crippen LogP contribution in [0.25, 0.3) is 11.6 Å². The predicted molar refractivity (Wildman–Crippen MR) is 124 cm³/mol. The van der Waals surface area contributed by atoms with E-state index in [1.807, 2.05) is 13.8 Å². The summed E-state index contributed by atoms with van der Waals surface area (Å²) in [5.41, 5.74) is 0.871. The molecule has 0 saturated heterocycles. The second-order valence-corrected chi connectivity index (χ2v) is 7.50. The summed E-state index contributed by atoms with van der Waals surface area (Å²) >= 11 is 0. The number of ether oxygens (including phenoxy) is 2. The summed E-state index contributed by atoms with van der Waals surface area (Å²) in [5.74, 6) is 1.16. The molecule has 0 aliphatic carbocycles. The Morgan fingerprint density at radius 3 is 2.59 bits per heavy atom. The minimum absolute atomic E-state index is 0.00720. The molecule has 2 heterocycles. The molecule has 2 N–H and O–H groups in total. The monoisotopic (exact) mass is 463 g/mol. The Morgan fingerprint density at radius 2 is 1.82 bits per heavy atom. The number of hydrogen-bond donors (Lipinski definition) is 2. The number of hydrogen-bond acceptors (Lipinski definition) is 7. The first-order valence-corrected chi connectivity index (χ1v) is 10.5. The molecule has 0 saturated carbocycles. The number of nitrogens with one attached hydrogen (secondary N) is 2. The summed E-state index contributed by atoms with van der Waals surface area (Å²) in [6.07, 6.45) is -0.00720. The number of halogens is 1. The number of urea groups is 1. The third-order valence-electron chi connectivity index (χ3n) is 4.34. The third kappa shape index (κ3) is 5.85. The maximum atomic E-state index is 14.3. The van der Waals surface area contributed by atoms with Gasteiger partial charge < -0.3 is 24.5 Å². The fourth-order valence-electron chi connectivity index (χ4n) is 2.98. The van der Waals surface area contributed by atoms with Gasteiger partial charge in [0.25, 0.3) is 5.89 Å². The number of carbonyl (C=O) groups is 1. The first kappa shape index (κ1) is 22.7. The molecule has 10 heteroatoms. The number of anilines is 2. The molecule has 9 nitrogen and oxygen atoms in total. The normalized spacial score (nSPS) is 10.7. The van der Waals surface area contributed by atoms with Gasteiger partial charge >= 0.3 is 6.03 Å². The minimum atomic E-state index is -0.623. The third-order valence-corrected chi connectivity index (χ3v) is 4.34. The van der Waals surface area contributed by atoms with Crippen molar-refractivity contribution in [1.29, 1.82) is 0 Å². The molecule has 0 unspecified atom stereocenters. The van der Waals surface area contributed by atoms with Crippen LogP contribution in [-0.2, 0) is 0 Å². The van der Waals surface area contributed by atoms with Gasteiger partial charge in [0.2, 0.25) is 11.8 Å². The average Bonchev–Trinajstić information content (AvgIpc) is 3.22. The second-order valence-electron chi connectivity index (χ2n) is 7.50. The summed E-state index contributed by atoms with van der Waals surface area (Å²) < 4.78 is 31.1. The highest BCUT2D eigenvalue weighted by molar-refractivity contribution is 6.00. The van der Waals surface area contributed by atoms with Crippen LogP contribution in [0.4, 0.5) is 20.6 Å². The standard InChI is InChI=1S/C24H22FN5O4/c1-14(2)32-17-7-4-6-16(12-17)26-24(31)28-21-13-18(10-11-19(21)25)34-22-9-5-8-20(27-22)23-30-29-15(3)33-23/h4-14H,1-3H3,(H2,26,28,31). The maximum Gasteiger partial charge on any atom is 0.323 e. The van der Waals surface area contributed by atoms with Gasteiger partial charge in [0.05, 0.1) is 11.8 Å². The SMILES string of the molecule is Cc1nnc(-c2cccc(Oc3ccc(F)c(NC(=O)Nc4cccc(OC(C)C)c4)c3)n2)o1. The molecule has 0 aliphatic heterocycles. The summed E-state index contributed by atoms with van der Waals surface area (Å²) in [6.45, 7) is 5.49. The lowest BCUT2D eigenvalue weighted by atomic mass is 10.2. The van der Waals surface area contributed by atoms with Crippen molar-refractivity contribution in [2.45, 2.75) is 26.9 Å². The lowest BCUT2D eigenvalue weighted by Gasteiger charge is -2.13. The van der Waals surface area contributed by atoms with E-state index in [1.54, 1.807) is 49.4 Å². The van der Waals surface area contributed by atoms with Crippen LogP contribution in [0.15, 0.2) is 65.1 Å². The molecule has 0 radical (unpaired) electrons. The molecule has 0 spiro atoms. The van der Waals surface area contributed by atoms with Gasteiger partial charge in [-0.1, -0.05) is 12.1 Å². The highest BCUT2D eigenvalue weighted by Crippen LogP contribution is 2.27. The summed E-state index contributed by atoms with van der Waals surface area (Å²) in [6, 6.07) is 15.3. The van der Waals surface area contributed by atoms with Crippen molar-refractivity contribution in [2.24, 2.45) is 0 Å². The van der Waals surface area contributed by atoms with E-state index >= 15 is 0 Å². The van der Waals surface area contributed by atoms with Crippen LogP contribution in [0.3, 0.4) is 0 Å². The number of rotatable bonds is 7. The van der Waals surface area contributed by atoms with Crippen molar-refractivity contribution in [3.05, 3.63) is 72.4 Å². The molecule has 4 rings (SSSR count). The molecule has 2 aromatic carbocycles. The van der Waals surface area contributed by atoms with Gasteiger partial charge in [0, 0.05) is 30.8 Å². The molecular formula is C24H22FN5O4. The van der Waals surface area contributed by atoms with Crippen LogP contribution in [0.1, 0.15) is 19.7 Å². The number of pyridine rings is 1. The summed E-state index contributed by atoms with van der Waals surface area (Å²) in [4.78, 5) is 16.8. The van der Waals surface area contributed by atoms with Gasteiger partial charge in [0.1, 0.15) is 23.0 Å². The van der Waals surface area contributed by atoms with Crippen molar-refractivity contribution < 1.29 is 23.1 Å². The Bertz CT molecular complexity index is 1310. The summed E-state index contributed by atoms with van der Waals surface area (Å²) in [5, 5.41) is 12.9. The van der Waals surface area contributed by atoms with Crippen molar-refractivity contribution >= 4 is 17.4 Å². The molecule has 174 valence electrons. The lowest BCUT2D eigenvalue weighted by Crippen LogP contribution is -2.20. The van der Waals surface area contributed by atoms with Gasteiger partial charge in [-0.2, -0.15) is 0 Å². The zero-order valence-corrected chi connectivity index (χ0v) is 18.7. The van der Waals surface area contributed by atoms with E-state index in [0.717, 1.165) is 0 Å². The summed E-state index contributed by atoms with van der Waals surface area (Å²) in [7, 11) is 0. The van der Waals surface area contributed by atoms with Crippen LogP contribution in [0.5, 0.6) is 17.4 Å². The Kier molecular flexibility index (Phi) is 6.67. The van der Waals surface area contributed by atoms with Gasteiger partial charge in [-0.15, -0.1) is 10.2 Å². The maximum absolute atomic E-state index is 14.3. The van der Waals surface area contributed by atoms with E-state index in [2.05, 4.69) is 25.8 Å². The largest absolute Gasteiger partial charge is 0.491 e. The number of aryl methyl sites for hydroxylation is 1. The fraction of sp³-hybridized carbons (Fsp3) is 0.167. The zero-order valence-electron chi connectivity index (χ0n) is 18.7. The topological polar surface area (TPSA) is 111 Å². The first-order chi connectivity index (χ1) is 16.4. The second kappa shape index (κ2) is 9.99. The van der Waals surface area contributed by atoms with Crippen LogP contribution < -0.4 is 20.1 Å². The zero-order chi connectivity index (χ0) is 24.1. The highest BCUT2D eigenvalue weighted by atomic mass is 19.1. The molecule has 0 aliphatic rings. The Hall–Kier alpha value is -4.47. The van der Waals surface area contributed by atoms with Gasteiger partial charge in [0.15, 0.2) is 0 Å². The van der Waals surface area contributed by atoms with Crippen LogP contribution in [0, 0.1) is 12.7 Å². The Labute approximate surface area is 195 Å². The van der Waals surface area contributed by atoms with Crippen LogP contribution in [-0.4, -0.2) is 27.3 Å². The smallest absolute Gasteiger partial charge is 0.323 e. The first-order valence-electron chi connectivity index (χ1n) is 10.5. The fourth-order valence-corrected chi connectivity index (χ4v) is 2.98. The Morgan fingerprint density at radius 1 is 1.00 bits per heavy atom. The van der Waals surface area contributed by atoms with Crippen molar-refractivity contribution in [3.63, 3.8) is 0 Å². The quantitative estimate of drug-likeness (QED) is 0.356. The van der Waals surface area contributed by atoms with E-state index in [9.17, 15) is 9.18 Å². The van der Waals surface area contributed by atoms with Crippen molar-refractivity contribution in [3.8, 4) is 29.0 Å².